The summed E-state index contributed by atoms with van der Waals surface area (Å²) in [5.41, 5.74) is -0.391. The molecule has 2 rings (SSSR count). The van der Waals surface area contributed by atoms with Gasteiger partial charge in [-0.3, -0.25) is 14.9 Å². The highest BCUT2D eigenvalue weighted by molar-refractivity contribution is 6.10. The number of carboxylic acid groups (broad SMARTS) is 2. The number of imide groups is 1. The van der Waals surface area contributed by atoms with E-state index in [9.17, 15) is 34.7 Å². The normalized spacial score (nSPS) is 20.8. The van der Waals surface area contributed by atoms with Crippen molar-refractivity contribution in [3.8, 4) is 0 Å². The Morgan fingerprint density at radius 1 is 1.35 bits per heavy atom. The van der Waals surface area contributed by atoms with Crippen LogP contribution < -0.4 is 0 Å². The number of hydrogen-bond donors (Lipinski definition) is 2. The molecule has 0 aromatic heterocycles. The second-order valence-corrected chi connectivity index (χ2v) is 4.80. The second kappa shape index (κ2) is 5.83. The van der Waals surface area contributed by atoms with Gasteiger partial charge in [0.15, 0.2) is 0 Å². The number of carboxylic acids is 1. The van der Waals surface area contributed by atoms with Gasteiger partial charge in [0.25, 0.3) is 5.69 Å². The van der Waals surface area contributed by atoms with Gasteiger partial charge in [0.05, 0.1) is 11.0 Å². The number of nitrogens with zero attached hydrogens (tertiary/aromatic N) is 3. The topological polar surface area (TPSA) is 150 Å². The van der Waals surface area contributed by atoms with E-state index in [4.69, 9.17) is 0 Å². The lowest BCUT2D eigenvalue weighted by Gasteiger charge is -2.34. The van der Waals surface area contributed by atoms with Crippen LogP contribution in [0, 0.1) is 16.0 Å². The Balaban J connectivity index is 2.65. The largest absolute Gasteiger partial charge is 0.481 e. The first-order valence-electron chi connectivity index (χ1n) is 6.32. The van der Waals surface area contributed by atoms with Crippen molar-refractivity contribution in [2.45, 2.75) is 13.0 Å². The van der Waals surface area contributed by atoms with Gasteiger partial charge in [-0.25, -0.2) is 19.5 Å². The smallest absolute Gasteiger partial charge is 0.416 e. The third kappa shape index (κ3) is 2.86. The molecular formula is C13H11N3O7. The third-order valence-corrected chi connectivity index (χ3v) is 3.42. The zero-order chi connectivity index (χ0) is 17.3. The van der Waals surface area contributed by atoms with Crippen LogP contribution in [0.25, 0.3) is 0 Å². The van der Waals surface area contributed by atoms with Crippen LogP contribution in [-0.4, -0.2) is 43.8 Å². The zero-order valence-electron chi connectivity index (χ0n) is 11.7. The van der Waals surface area contributed by atoms with E-state index in [2.05, 4.69) is 4.99 Å². The number of hydrogen-bond acceptors (Lipinski definition) is 5. The maximum absolute atomic E-state index is 11.8. The minimum atomic E-state index is -1.69. The van der Waals surface area contributed by atoms with Gasteiger partial charge in [0.2, 0.25) is 0 Å². The number of nitro benzene ring substituents is 1. The van der Waals surface area contributed by atoms with Gasteiger partial charge in [-0.05, 0) is 12.5 Å². The maximum Gasteiger partial charge on any atom is 0.416 e. The van der Waals surface area contributed by atoms with E-state index in [0.717, 1.165) is 6.07 Å². The lowest BCUT2D eigenvalue weighted by atomic mass is 9.87. The number of aliphatic carboxylic acids is 1. The molecule has 3 amide bonds. The van der Waals surface area contributed by atoms with Crippen LogP contribution in [0.5, 0.6) is 0 Å². The van der Waals surface area contributed by atoms with Gasteiger partial charge in [-0.15, -0.1) is 0 Å². The van der Waals surface area contributed by atoms with Crippen LogP contribution in [0.15, 0.2) is 29.3 Å². The molecule has 2 N–H and O–H groups in total. The molecule has 0 spiro atoms. The number of carbonyl (C=O) groups is 3. The standard InChI is InChI=1S/C13H11N3O7/c1-6-9(11(17)18)10(15(13(20)21)12(19)14-6)7-3-2-4-8(5-7)16(22)23/h2-5,9-10H,1H3,(H,17,18)(H,20,21). The highest BCUT2D eigenvalue weighted by Crippen LogP contribution is 2.35. The second-order valence-electron chi connectivity index (χ2n) is 4.80. The zero-order valence-corrected chi connectivity index (χ0v) is 11.7. The Morgan fingerprint density at radius 2 is 2.00 bits per heavy atom. The van der Waals surface area contributed by atoms with Crippen molar-refractivity contribution in [2.24, 2.45) is 10.9 Å². The van der Waals surface area contributed by atoms with Crippen molar-refractivity contribution in [3.63, 3.8) is 0 Å². The summed E-state index contributed by atoms with van der Waals surface area (Å²) in [6, 6.07) is 2.27. The summed E-state index contributed by atoms with van der Waals surface area (Å²) in [5, 5.41) is 29.4. The Morgan fingerprint density at radius 3 is 2.52 bits per heavy atom. The number of non-ortho nitro benzene ring substituents is 1. The monoisotopic (exact) mass is 321 g/mol. The minimum absolute atomic E-state index is 0.0246. The van der Waals surface area contributed by atoms with Crippen molar-refractivity contribution < 1.29 is 29.5 Å². The van der Waals surface area contributed by atoms with E-state index in [1.807, 2.05) is 0 Å². The van der Waals surface area contributed by atoms with Crippen LogP contribution in [0.1, 0.15) is 18.5 Å². The highest BCUT2D eigenvalue weighted by atomic mass is 16.6. The van der Waals surface area contributed by atoms with Crippen LogP contribution in [0.2, 0.25) is 0 Å². The number of rotatable bonds is 3. The average Bonchev–Trinajstić information content (AvgIpc) is 2.45. The Labute approximate surface area is 128 Å². The van der Waals surface area contributed by atoms with E-state index in [1.165, 1.54) is 25.1 Å². The summed E-state index contributed by atoms with van der Waals surface area (Å²) in [6.45, 7) is 1.29. The number of benzene rings is 1. The summed E-state index contributed by atoms with van der Waals surface area (Å²) in [6.07, 6.45) is -1.69. The lowest BCUT2D eigenvalue weighted by Crippen LogP contribution is -2.48. The summed E-state index contributed by atoms with van der Waals surface area (Å²) < 4.78 is 0. The van der Waals surface area contributed by atoms with Gasteiger partial charge in [-0.1, -0.05) is 12.1 Å². The van der Waals surface area contributed by atoms with Crippen molar-refractivity contribution in [1.82, 2.24) is 4.90 Å². The molecule has 23 heavy (non-hydrogen) atoms. The summed E-state index contributed by atoms with van der Waals surface area (Å²) >= 11 is 0. The van der Waals surface area contributed by atoms with Crippen molar-refractivity contribution >= 4 is 29.5 Å². The van der Waals surface area contributed by atoms with E-state index in [1.54, 1.807) is 0 Å². The summed E-state index contributed by atoms with van der Waals surface area (Å²) in [4.78, 5) is 48.6. The molecule has 0 radical (unpaired) electrons. The molecule has 2 atom stereocenters. The molecule has 1 aliphatic heterocycles. The number of urea groups is 1. The van der Waals surface area contributed by atoms with E-state index >= 15 is 0 Å². The number of amides is 3. The third-order valence-electron chi connectivity index (χ3n) is 3.42. The molecule has 120 valence electrons. The van der Waals surface area contributed by atoms with Crippen LogP contribution in [0.4, 0.5) is 15.3 Å². The summed E-state index contributed by atoms with van der Waals surface area (Å²) in [5.74, 6) is -2.81. The molecule has 1 aliphatic rings. The minimum Gasteiger partial charge on any atom is -0.481 e. The van der Waals surface area contributed by atoms with Crippen LogP contribution in [0.3, 0.4) is 0 Å². The number of nitro groups is 1. The Kier molecular flexibility index (Phi) is 4.08. The molecule has 0 aliphatic carbocycles. The Bertz CT molecular complexity index is 743. The van der Waals surface area contributed by atoms with Crippen molar-refractivity contribution in [1.29, 1.82) is 0 Å². The number of carbonyl (C=O) groups excluding carboxylic acids is 1. The SMILES string of the molecule is CC1=NC(=O)N(C(=O)O)C(c2cccc([N+](=O)[O-])c2)C1C(=O)O. The van der Waals surface area contributed by atoms with Gasteiger partial charge in [0.1, 0.15) is 5.92 Å². The summed E-state index contributed by atoms with van der Waals surface area (Å²) in [7, 11) is 0. The molecule has 1 aromatic carbocycles. The molecule has 10 nitrogen and oxygen atoms in total. The van der Waals surface area contributed by atoms with Crippen LogP contribution in [-0.2, 0) is 4.79 Å². The molecular weight excluding hydrogens is 310 g/mol. The average molecular weight is 321 g/mol. The molecule has 0 saturated carbocycles. The Hall–Kier alpha value is -3.30. The maximum atomic E-state index is 11.8. The molecule has 1 aromatic rings. The molecule has 10 heteroatoms. The molecule has 0 saturated heterocycles. The van der Waals surface area contributed by atoms with Crippen molar-refractivity contribution in [2.75, 3.05) is 0 Å². The highest BCUT2D eigenvalue weighted by Gasteiger charge is 2.45. The van der Waals surface area contributed by atoms with Gasteiger partial charge in [-0.2, -0.15) is 0 Å². The fraction of sp³-hybridized carbons (Fsp3) is 0.231. The number of aliphatic imine (C=N–C) groups is 1. The molecule has 0 fully saturated rings. The van der Waals surface area contributed by atoms with Crippen LogP contribution >= 0.6 is 0 Å². The van der Waals surface area contributed by atoms with E-state index in [-0.39, 0.29) is 21.9 Å². The molecule has 1 heterocycles. The quantitative estimate of drug-likeness (QED) is 0.637. The van der Waals surface area contributed by atoms with Gasteiger partial charge >= 0.3 is 18.1 Å². The van der Waals surface area contributed by atoms with Crippen molar-refractivity contribution in [3.05, 3.63) is 39.9 Å². The predicted octanol–water partition coefficient (Wildman–Crippen LogP) is 1.91. The van der Waals surface area contributed by atoms with E-state index < -0.39 is 35.0 Å². The fourth-order valence-corrected chi connectivity index (χ4v) is 2.45. The predicted molar refractivity (Wildman–Crippen MR) is 75.3 cm³/mol. The first-order chi connectivity index (χ1) is 10.7. The first-order valence-corrected chi connectivity index (χ1v) is 6.32. The van der Waals surface area contributed by atoms with E-state index in [0.29, 0.717) is 0 Å². The molecule has 0 bridgehead atoms. The lowest BCUT2D eigenvalue weighted by molar-refractivity contribution is -0.385. The van der Waals surface area contributed by atoms with Gasteiger partial charge < -0.3 is 10.2 Å². The van der Waals surface area contributed by atoms with Gasteiger partial charge in [0, 0.05) is 17.8 Å². The molecule has 2 unspecified atom stereocenters. The fourth-order valence-electron chi connectivity index (χ4n) is 2.45. The first kappa shape index (κ1) is 16.1.